The minimum absolute atomic E-state index is 0.00460. The van der Waals surface area contributed by atoms with Crippen LogP contribution in [0.15, 0.2) is 72.8 Å². The number of carbonyl (C=O) groups excluding carboxylic acids is 2. The summed E-state index contributed by atoms with van der Waals surface area (Å²) in [6.07, 6.45) is 0.401. The normalized spacial score (nSPS) is 11.8. The molecule has 1 unspecified atom stereocenters. The second kappa shape index (κ2) is 12.0. The van der Waals surface area contributed by atoms with Crippen molar-refractivity contribution in [2.45, 2.75) is 52.2 Å². The Morgan fingerprint density at radius 3 is 2.12 bits per heavy atom. The number of halogens is 2. The van der Waals surface area contributed by atoms with Gasteiger partial charge in [-0.3, -0.25) is 9.59 Å². The molecule has 0 heterocycles. The summed E-state index contributed by atoms with van der Waals surface area (Å²) < 4.78 is 0. The van der Waals surface area contributed by atoms with Crippen LogP contribution in [0.5, 0.6) is 0 Å². The summed E-state index contributed by atoms with van der Waals surface area (Å²) in [6, 6.07) is 22.1. The van der Waals surface area contributed by atoms with Gasteiger partial charge in [-0.2, -0.15) is 0 Å². The Kier molecular flexibility index (Phi) is 9.14. The van der Waals surface area contributed by atoms with Crippen LogP contribution < -0.4 is 5.32 Å². The molecule has 1 N–H and O–H groups in total. The van der Waals surface area contributed by atoms with Gasteiger partial charge in [-0.15, -0.1) is 0 Å². The highest BCUT2D eigenvalue weighted by Gasteiger charge is 2.31. The molecule has 4 nitrogen and oxygen atoms in total. The van der Waals surface area contributed by atoms with E-state index in [1.807, 2.05) is 75.4 Å². The van der Waals surface area contributed by atoms with Crippen LogP contribution in [0.1, 0.15) is 36.1 Å². The lowest BCUT2D eigenvalue weighted by molar-refractivity contribution is -0.141. The van der Waals surface area contributed by atoms with Crippen LogP contribution in [0.4, 0.5) is 0 Å². The number of hydrogen-bond donors (Lipinski definition) is 1. The fourth-order valence-electron chi connectivity index (χ4n) is 3.86. The molecule has 0 aliphatic rings. The zero-order valence-corrected chi connectivity index (χ0v) is 21.2. The lowest BCUT2D eigenvalue weighted by Gasteiger charge is -2.32. The third-order valence-corrected chi connectivity index (χ3v) is 6.40. The van der Waals surface area contributed by atoms with Crippen LogP contribution in [0.3, 0.4) is 0 Å². The van der Waals surface area contributed by atoms with E-state index in [1.54, 1.807) is 23.1 Å². The highest BCUT2D eigenvalue weighted by atomic mass is 35.5. The van der Waals surface area contributed by atoms with E-state index in [0.29, 0.717) is 28.6 Å². The van der Waals surface area contributed by atoms with Crippen molar-refractivity contribution in [1.82, 2.24) is 10.2 Å². The Morgan fingerprint density at radius 2 is 1.50 bits per heavy atom. The van der Waals surface area contributed by atoms with Gasteiger partial charge in [0.05, 0.1) is 6.42 Å². The Balaban J connectivity index is 2.02. The van der Waals surface area contributed by atoms with Gasteiger partial charge >= 0.3 is 0 Å². The van der Waals surface area contributed by atoms with E-state index in [1.165, 1.54) is 0 Å². The van der Waals surface area contributed by atoms with Gasteiger partial charge < -0.3 is 10.2 Å². The molecule has 2 amide bonds. The van der Waals surface area contributed by atoms with Crippen molar-refractivity contribution >= 4 is 35.0 Å². The lowest BCUT2D eigenvalue weighted by Crippen LogP contribution is -2.52. The van der Waals surface area contributed by atoms with Gasteiger partial charge in [0, 0.05) is 29.1 Å². The Labute approximate surface area is 211 Å². The average Bonchev–Trinajstić information content (AvgIpc) is 2.80. The number of aryl methyl sites for hydroxylation is 1. The third kappa shape index (κ3) is 6.85. The maximum atomic E-state index is 13.8. The fraction of sp³-hybridized carbons (Fsp3) is 0.286. The first kappa shape index (κ1) is 25.8. The van der Waals surface area contributed by atoms with Crippen molar-refractivity contribution < 1.29 is 9.59 Å². The molecule has 178 valence electrons. The maximum absolute atomic E-state index is 13.8. The van der Waals surface area contributed by atoms with Crippen LogP contribution in [0.25, 0.3) is 0 Å². The first-order valence-corrected chi connectivity index (χ1v) is 12.1. The number of carbonyl (C=O) groups is 2. The number of nitrogens with zero attached hydrogens (tertiary/aromatic N) is 1. The van der Waals surface area contributed by atoms with E-state index < -0.39 is 6.04 Å². The minimum atomic E-state index is -0.696. The predicted octanol–water partition coefficient (Wildman–Crippen LogP) is 6.01. The second-order valence-corrected chi connectivity index (χ2v) is 9.51. The van der Waals surface area contributed by atoms with Crippen molar-refractivity contribution in [3.63, 3.8) is 0 Å². The molecule has 0 radical (unpaired) electrons. The fourth-order valence-corrected chi connectivity index (χ4v) is 4.39. The van der Waals surface area contributed by atoms with E-state index in [2.05, 4.69) is 5.32 Å². The minimum Gasteiger partial charge on any atom is -0.352 e. The van der Waals surface area contributed by atoms with E-state index in [0.717, 1.165) is 16.7 Å². The number of hydrogen-bond acceptors (Lipinski definition) is 2. The monoisotopic (exact) mass is 496 g/mol. The Bertz CT molecular complexity index is 1110. The summed E-state index contributed by atoms with van der Waals surface area (Å²) in [5, 5.41) is 3.87. The van der Waals surface area contributed by atoms with E-state index in [-0.39, 0.29) is 24.3 Å². The molecule has 0 aromatic heterocycles. The van der Waals surface area contributed by atoms with Crippen LogP contribution in [-0.4, -0.2) is 28.8 Å². The molecule has 0 aliphatic heterocycles. The van der Waals surface area contributed by atoms with E-state index in [4.69, 9.17) is 23.2 Å². The summed E-state index contributed by atoms with van der Waals surface area (Å²) >= 11 is 12.7. The molecule has 0 saturated carbocycles. The zero-order chi connectivity index (χ0) is 24.7. The van der Waals surface area contributed by atoms with Crippen LogP contribution in [0, 0.1) is 6.92 Å². The topological polar surface area (TPSA) is 49.4 Å². The first-order chi connectivity index (χ1) is 16.3. The standard InChI is InChI=1S/C28H30Cl2N2O2/c1-19(2)31-28(34)26(16-21-11-5-4-6-12-21)32(18-22-13-8-7-10-20(22)3)27(33)17-23-24(29)14-9-15-25(23)30/h4-15,19,26H,16-18H2,1-3H3,(H,31,34). The summed E-state index contributed by atoms with van der Waals surface area (Å²) in [4.78, 5) is 28.9. The molecule has 3 aromatic rings. The number of nitrogens with one attached hydrogen (secondary N) is 1. The molecule has 0 bridgehead atoms. The summed E-state index contributed by atoms with van der Waals surface area (Å²) in [7, 11) is 0. The maximum Gasteiger partial charge on any atom is 0.243 e. The summed E-state index contributed by atoms with van der Waals surface area (Å²) in [5.41, 5.74) is 3.58. The van der Waals surface area contributed by atoms with E-state index in [9.17, 15) is 9.59 Å². The number of amides is 2. The van der Waals surface area contributed by atoms with Crippen LogP contribution in [0.2, 0.25) is 10.0 Å². The van der Waals surface area contributed by atoms with Gasteiger partial charge in [-0.1, -0.05) is 83.9 Å². The van der Waals surface area contributed by atoms with E-state index >= 15 is 0 Å². The first-order valence-electron chi connectivity index (χ1n) is 11.4. The van der Waals surface area contributed by atoms with Gasteiger partial charge in [-0.25, -0.2) is 0 Å². The van der Waals surface area contributed by atoms with Gasteiger partial charge in [0.2, 0.25) is 11.8 Å². The predicted molar refractivity (Wildman–Crippen MR) is 139 cm³/mol. The summed E-state index contributed by atoms with van der Waals surface area (Å²) in [6.45, 7) is 6.13. The van der Waals surface area contributed by atoms with Crippen molar-refractivity contribution in [3.05, 3.63) is 105 Å². The highest BCUT2D eigenvalue weighted by Crippen LogP contribution is 2.26. The SMILES string of the molecule is Cc1ccccc1CN(C(=O)Cc1c(Cl)cccc1Cl)C(Cc1ccccc1)C(=O)NC(C)C. The van der Waals surface area contributed by atoms with Gasteiger partial charge in [0.15, 0.2) is 0 Å². The number of rotatable bonds is 9. The lowest BCUT2D eigenvalue weighted by atomic mass is 10.00. The molecule has 0 fully saturated rings. The molecule has 3 rings (SSSR count). The molecular formula is C28H30Cl2N2O2. The molecule has 0 aliphatic carbocycles. The smallest absolute Gasteiger partial charge is 0.243 e. The molecule has 1 atom stereocenters. The van der Waals surface area contributed by atoms with Gasteiger partial charge in [0.25, 0.3) is 0 Å². The molecule has 0 spiro atoms. The molecular weight excluding hydrogens is 467 g/mol. The largest absolute Gasteiger partial charge is 0.352 e. The van der Waals surface area contributed by atoms with Crippen molar-refractivity contribution in [3.8, 4) is 0 Å². The molecule has 3 aromatic carbocycles. The molecule has 0 saturated heterocycles. The van der Waals surface area contributed by atoms with Gasteiger partial charge in [0.1, 0.15) is 6.04 Å². The zero-order valence-electron chi connectivity index (χ0n) is 19.7. The highest BCUT2D eigenvalue weighted by molar-refractivity contribution is 6.36. The second-order valence-electron chi connectivity index (χ2n) is 8.69. The van der Waals surface area contributed by atoms with Crippen molar-refractivity contribution in [2.75, 3.05) is 0 Å². The van der Waals surface area contributed by atoms with Crippen molar-refractivity contribution in [1.29, 1.82) is 0 Å². The van der Waals surface area contributed by atoms with Crippen molar-refractivity contribution in [2.24, 2.45) is 0 Å². The summed E-state index contributed by atoms with van der Waals surface area (Å²) in [5.74, 6) is -0.399. The Morgan fingerprint density at radius 1 is 0.882 bits per heavy atom. The van der Waals surface area contributed by atoms with Gasteiger partial charge in [-0.05, 0) is 55.2 Å². The van der Waals surface area contributed by atoms with Crippen LogP contribution in [-0.2, 0) is 29.0 Å². The average molecular weight is 497 g/mol. The third-order valence-electron chi connectivity index (χ3n) is 5.69. The molecule has 6 heteroatoms. The molecule has 34 heavy (non-hydrogen) atoms. The van der Waals surface area contributed by atoms with Crippen LogP contribution >= 0.6 is 23.2 Å². The number of benzene rings is 3. The quantitative estimate of drug-likeness (QED) is 0.394. The Hall–Kier alpha value is -2.82.